The zero-order valence-corrected chi connectivity index (χ0v) is 18.3. The highest BCUT2D eigenvalue weighted by molar-refractivity contribution is 5.78. The molecule has 6 heteroatoms. The normalized spacial score (nSPS) is 20.0. The standard InChI is InChI=1S/C25H28FNO4/c1-16(2)12-13-29-23-22(25(23,3)4)24(28)31-21(15-27)17-10-11-19(26)20(14-17)30-18-8-6-5-7-9-18/h5-11,14,16,21-23H,12-13H2,1-4H3. The summed E-state index contributed by atoms with van der Waals surface area (Å²) < 4.78 is 31.2. The van der Waals surface area contributed by atoms with Crippen molar-refractivity contribution in [3.8, 4) is 17.6 Å². The van der Waals surface area contributed by atoms with Gasteiger partial charge in [0.1, 0.15) is 11.8 Å². The van der Waals surface area contributed by atoms with Gasteiger partial charge in [0.2, 0.25) is 6.10 Å². The summed E-state index contributed by atoms with van der Waals surface area (Å²) in [5.74, 6) is -0.553. The Bertz CT molecular complexity index is 952. The molecule has 1 aliphatic rings. The molecule has 3 rings (SSSR count). The molecule has 2 aromatic carbocycles. The minimum Gasteiger partial charge on any atom is -0.454 e. The first kappa shape index (κ1) is 22.8. The second kappa shape index (κ2) is 9.49. The Hall–Kier alpha value is -2.91. The van der Waals surface area contributed by atoms with Crippen LogP contribution in [0.15, 0.2) is 48.5 Å². The Balaban J connectivity index is 1.68. The maximum atomic E-state index is 14.2. The van der Waals surface area contributed by atoms with Crippen LogP contribution in [0.25, 0.3) is 0 Å². The molecule has 0 heterocycles. The van der Waals surface area contributed by atoms with Crippen molar-refractivity contribution in [3.05, 3.63) is 59.9 Å². The maximum Gasteiger partial charge on any atom is 0.313 e. The molecule has 0 aromatic heterocycles. The van der Waals surface area contributed by atoms with E-state index in [-0.39, 0.29) is 17.3 Å². The molecule has 0 amide bonds. The van der Waals surface area contributed by atoms with Gasteiger partial charge in [0.05, 0.1) is 12.0 Å². The number of esters is 1. The molecular weight excluding hydrogens is 397 g/mol. The molecule has 31 heavy (non-hydrogen) atoms. The first-order valence-corrected chi connectivity index (χ1v) is 10.5. The van der Waals surface area contributed by atoms with E-state index in [0.717, 1.165) is 6.42 Å². The van der Waals surface area contributed by atoms with Gasteiger partial charge in [-0.05, 0) is 36.6 Å². The third-order valence-corrected chi connectivity index (χ3v) is 5.56. The minimum atomic E-state index is -1.17. The first-order chi connectivity index (χ1) is 14.7. The number of para-hydroxylation sites is 1. The van der Waals surface area contributed by atoms with Gasteiger partial charge in [0.15, 0.2) is 11.6 Å². The van der Waals surface area contributed by atoms with Crippen molar-refractivity contribution >= 4 is 5.97 Å². The number of rotatable bonds is 9. The van der Waals surface area contributed by atoms with Gasteiger partial charge in [-0.1, -0.05) is 52.0 Å². The number of ether oxygens (including phenoxy) is 3. The van der Waals surface area contributed by atoms with Crippen LogP contribution in [0, 0.1) is 34.4 Å². The molecule has 0 spiro atoms. The van der Waals surface area contributed by atoms with Crippen LogP contribution in [-0.4, -0.2) is 18.7 Å². The van der Waals surface area contributed by atoms with Crippen molar-refractivity contribution in [2.24, 2.45) is 17.3 Å². The fourth-order valence-corrected chi connectivity index (χ4v) is 3.50. The average Bonchev–Trinajstić information content (AvgIpc) is 3.28. The Morgan fingerprint density at radius 3 is 2.55 bits per heavy atom. The number of carbonyl (C=O) groups excluding carboxylic acids is 1. The Kier molecular flexibility index (Phi) is 6.97. The van der Waals surface area contributed by atoms with Crippen LogP contribution in [-0.2, 0) is 14.3 Å². The van der Waals surface area contributed by atoms with E-state index in [0.29, 0.717) is 23.8 Å². The van der Waals surface area contributed by atoms with Gasteiger partial charge in [-0.2, -0.15) is 5.26 Å². The summed E-state index contributed by atoms with van der Waals surface area (Å²) in [5, 5.41) is 9.59. The molecule has 2 aromatic rings. The summed E-state index contributed by atoms with van der Waals surface area (Å²) in [4.78, 5) is 12.8. The van der Waals surface area contributed by atoms with E-state index in [9.17, 15) is 14.4 Å². The second-order valence-electron chi connectivity index (χ2n) is 8.82. The lowest BCUT2D eigenvalue weighted by Crippen LogP contribution is -2.15. The molecule has 3 unspecified atom stereocenters. The number of carbonyl (C=O) groups is 1. The molecule has 0 bridgehead atoms. The number of hydrogen-bond acceptors (Lipinski definition) is 5. The lowest BCUT2D eigenvalue weighted by molar-refractivity contribution is -0.150. The molecule has 3 atom stereocenters. The highest BCUT2D eigenvalue weighted by atomic mass is 19.1. The summed E-state index contributed by atoms with van der Waals surface area (Å²) in [5.41, 5.74) is -0.00255. The smallest absolute Gasteiger partial charge is 0.313 e. The van der Waals surface area contributed by atoms with Crippen molar-refractivity contribution in [2.75, 3.05) is 6.61 Å². The number of nitriles is 1. The maximum absolute atomic E-state index is 14.2. The lowest BCUT2D eigenvalue weighted by atomic mass is 10.1. The first-order valence-electron chi connectivity index (χ1n) is 10.5. The SMILES string of the molecule is CC(C)CCOC1C(C(=O)OC(C#N)c2ccc(F)c(Oc3ccccc3)c2)C1(C)C. The van der Waals surface area contributed by atoms with E-state index in [1.54, 1.807) is 24.3 Å². The van der Waals surface area contributed by atoms with E-state index in [1.165, 1.54) is 18.2 Å². The topological polar surface area (TPSA) is 68.5 Å². The van der Waals surface area contributed by atoms with Gasteiger partial charge in [-0.3, -0.25) is 4.79 Å². The third-order valence-electron chi connectivity index (χ3n) is 5.56. The monoisotopic (exact) mass is 425 g/mol. The van der Waals surface area contributed by atoms with Crippen molar-refractivity contribution in [1.29, 1.82) is 5.26 Å². The molecule has 1 aliphatic carbocycles. The van der Waals surface area contributed by atoms with Crippen LogP contribution in [0.5, 0.6) is 11.5 Å². The van der Waals surface area contributed by atoms with E-state index in [1.807, 2.05) is 26.0 Å². The second-order valence-corrected chi connectivity index (χ2v) is 8.82. The highest BCUT2D eigenvalue weighted by Crippen LogP contribution is 2.55. The number of hydrogen-bond donors (Lipinski definition) is 0. The van der Waals surface area contributed by atoms with Crippen LogP contribution < -0.4 is 4.74 Å². The Morgan fingerprint density at radius 1 is 1.19 bits per heavy atom. The van der Waals surface area contributed by atoms with Crippen LogP contribution in [0.1, 0.15) is 45.8 Å². The number of nitrogens with zero attached hydrogens (tertiary/aromatic N) is 1. The molecule has 164 valence electrons. The van der Waals surface area contributed by atoms with Crippen molar-refractivity contribution in [2.45, 2.75) is 46.3 Å². The fourth-order valence-electron chi connectivity index (χ4n) is 3.50. The van der Waals surface area contributed by atoms with Gasteiger partial charge in [0.25, 0.3) is 0 Å². The van der Waals surface area contributed by atoms with Crippen molar-refractivity contribution < 1.29 is 23.4 Å². The van der Waals surface area contributed by atoms with Gasteiger partial charge in [-0.25, -0.2) is 4.39 Å². The van der Waals surface area contributed by atoms with E-state index < -0.39 is 23.8 Å². The Morgan fingerprint density at radius 2 is 1.90 bits per heavy atom. The summed E-state index contributed by atoms with van der Waals surface area (Å²) in [6.07, 6.45) is -0.489. The molecule has 1 saturated carbocycles. The van der Waals surface area contributed by atoms with Gasteiger partial charge >= 0.3 is 5.97 Å². The zero-order chi connectivity index (χ0) is 22.6. The van der Waals surface area contributed by atoms with E-state index >= 15 is 0 Å². The highest BCUT2D eigenvalue weighted by Gasteiger charge is 2.64. The summed E-state index contributed by atoms with van der Waals surface area (Å²) in [7, 11) is 0. The molecule has 5 nitrogen and oxygen atoms in total. The van der Waals surface area contributed by atoms with Gasteiger partial charge < -0.3 is 14.2 Å². The van der Waals surface area contributed by atoms with Crippen LogP contribution in [0.3, 0.4) is 0 Å². The minimum absolute atomic E-state index is 0.0401. The van der Waals surface area contributed by atoms with Crippen LogP contribution in [0.4, 0.5) is 4.39 Å². The summed E-state index contributed by atoms with van der Waals surface area (Å²) in [6.45, 7) is 8.70. The number of halogens is 1. The predicted molar refractivity (Wildman–Crippen MR) is 114 cm³/mol. The summed E-state index contributed by atoms with van der Waals surface area (Å²) in [6, 6.07) is 14.7. The third kappa shape index (κ3) is 5.42. The largest absolute Gasteiger partial charge is 0.454 e. The molecule has 0 aliphatic heterocycles. The quantitative estimate of drug-likeness (QED) is 0.474. The van der Waals surface area contributed by atoms with E-state index in [2.05, 4.69) is 13.8 Å². The van der Waals surface area contributed by atoms with Gasteiger partial charge in [0, 0.05) is 17.6 Å². The van der Waals surface area contributed by atoms with E-state index in [4.69, 9.17) is 14.2 Å². The number of benzene rings is 2. The lowest BCUT2D eigenvalue weighted by Gasteiger charge is -2.14. The fraction of sp³-hybridized carbons (Fsp3) is 0.440. The molecule has 1 fully saturated rings. The molecule has 0 radical (unpaired) electrons. The Labute approximate surface area is 182 Å². The molecule has 0 saturated heterocycles. The summed E-state index contributed by atoms with van der Waals surface area (Å²) >= 11 is 0. The van der Waals surface area contributed by atoms with Crippen molar-refractivity contribution in [1.82, 2.24) is 0 Å². The van der Waals surface area contributed by atoms with Crippen LogP contribution >= 0.6 is 0 Å². The average molecular weight is 426 g/mol. The predicted octanol–water partition coefficient (Wildman–Crippen LogP) is 5.81. The zero-order valence-electron chi connectivity index (χ0n) is 18.3. The molecule has 0 N–H and O–H groups in total. The van der Waals surface area contributed by atoms with Crippen molar-refractivity contribution in [3.63, 3.8) is 0 Å². The molecular formula is C25H28FNO4. The van der Waals surface area contributed by atoms with Crippen LogP contribution in [0.2, 0.25) is 0 Å². The van der Waals surface area contributed by atoms with Gasteiger partial charge in [-0.15, -0.1) is 0 Å².